The van der Waals surface area contributed by atoms with Gasteiger partial charge in [0.25, 0.3) is 5.91 Å². The number of nitrogens with zero attached hydrogens (tertiary/aromatic N) is 3. The number of pyridine rings is 1. The van der Waals surface area contributed by atoms with Crippen LogP contribution in [0.5, 0.6) is 5.75 Å². The molecule has 36 heavy (non-hydrogen) atoms. The topological polar surface area (TPSA) is 62.7 Å². The van der Waals surface area contributed by atoms with Crippen LogP contribution in [0.25, 0.3) is 10.9 Å². The monoisotopic (exact) mass is 485 g/mol. The van der Waals surface area contributed by atoms with Crippen molar-refractivity contribution < 1.29 is 14.3 Å². The zero-order valence-electron chi connectivity index (χ0n) is 21.1. The van der Waals surface area contributed by atoms with Gasteiger partial charge in [-0.05, 0) is 74.9 Å². The van der Waals surface area contributed by atoms with Crippen LogP contribution in [0.4, 0.5) is 0 Å². The van der Waals surface area contributed by atoms with Crippen molar-refractivity contribution in [2.45, 2.75) is 45.4 Å². The van der Waals surface area contributed by atoms with Crippen molar-refractivity contribution in [1.82, 2.24) is 14.8 Å². The normalized spacial score (nSPS) is 18.8. The Hall–Kier alpha value is -3.41. The molecule has 5 rings (SSSR count). The highest BCUT2D eigenvalue weighted by molar-refractivity contribution is 5.98. The summed E-state index contributed by atoms with van der Waals surface area (Å²) in [4.78, 5) is 35.4. The van der Waals surface area contributed by atoms with Gasteiger partial charge in [0.1, 0.15) is 12.4 Å². The number of ether oxygens (including phenoxy) is 1. The van der Waals surface area contributed by atoms with Crippen molar-refractivity contribution in [3.8, 4) is 5.75 Å². The number of likely N-dealkylation sites (tertiary alicyclic amines) is 1. The van der Waals surface area contributed by atoms with Crippen LogP contribution in [0.15, 0.2) is 60.8 Å². The zero-order valence-corrected chi connectivity index (χ0v) is 21.1. The third kappa shape index (κ3) is 4.95. The van der Waals surface area contributed by atoms with Gasteiger partial charge >= 0.3 is 0 Å². The largest absolute Gasteiger partial charge is 0.491 e. The second kappa shape index (κ2) is 10.7. The Labute approximate surface area is 213 Å². The number of benzene rings is 2. The summed E-state index contributed by atoms with van der Waals surface area (Å²) >= 11 is 0. The lowest BCUT2D eigenvalue weighted by Crippen LogP contribution is -2.52. The second-order valence-corrected chi connectivity index (χ2v) is 10.0. The number of carbonyl (C=O) groups excluding carboxylic acids is 2. The van der Waals surface area contributed by atoms with E-state index in [0.29, 0.717) is 51.2 Å². The third-order valence-corrected chi connectivity index (χ3v) is 7.92. The van der Waals surface area contributed by atoms with Crippen molar-refractivity contribution in [1.29, 1.82) is 0 Å². The summed E-state index contributed by atoms with van der Waals surface area (Å²) in [5.41, 5.74) is 2.41. The van der Waals surface area contributed by atoms with Crippen molar-refractivity contribution in [2.75, 3.05) is 32.8 Å². The Morgan fingerprint density at radius 2 is 1.83 bits per heavy atom. The van der Waals surface area contributed by atoms with E-state index in [2.05, 4.69) is 17.1 Å². The number of aryl methyl sites for hydroxylation is 1. The molecule has 0 aliphatic carbocycles. The predicted molar refractivity (Wildman–Crippen MR) is 141 cm³/mol. The van der Waals surface area contributed by atoms with Gasteiger partial charge in [-0.3, -0.25) is 14.6 Å². The van der Waals surface area contributed by atoms with E-state index in [1.165, 1.54) is 5.56 Å². The van der Waals surface area contributed by atoms with Gasteiger partial charge in [-0.25, -0.2) is 0 Å². The SMILES string of the molecule is CCN1CCOc2ccccc2CCCCC2(CCN(C(=O)c3ccc4ncccc4c3)CC2)C1=O. The molecule has 1 aromatic heterocycles. The first-order valence-corrected chi connectivity index (χ1v) is 13.2. The van der Waals surface area contributed by atoms with Crippen LogP contribution in [0.3, 0.4) is 0 Å². The molecular formula is C30H35N3O3. The molecule has 1 fully saturated rings. The minimum Gasteiger partial charge on any atom is -0.491 e. The molecule has 6 nitrogen and oxygen atoms in total. The van der Waals surface area contributed by atoms with Crippen LogP contribution < -0.4 is 4.74 Å². The van der Waals surface area contributed by atoms with E-state index >= 15 is 0 Å². The first kappa shape index (κ1) is 24.3. The smallest absolute Gasteiger partial charge is 0.253 e. The van der Waals surface area contributed by atoms with Crippen LogP contribution in [0.2, 0.25) is 0 Å². The summed E-state index contributed by atoms with van der Waals surface area (Å²) in [5.74, 6) is 1.20. The van der Waals surface area contributed by atoms with E-state index in [0.717, 1.165) is 42.3 Å². The Morgan fingerprint density at radius 3 is 2.67 bits per heavy atom. The Bertz CT molecular complexity index is 1230. The van der Waals surface area contributed by atoms with Crippen LogP contribution in [-0.4, -0.2) is 59.4 Å². The molecule has 0 bridgehead atoms. The lowest BCUT2D eigenvalue weighted by atomic mass is 9.73. The first-order chi connectivity index (χ1) is 17.6. The molecule has 3 aromatic rings. The molecule has 0 unspecified atom stereocenters. The van der Waals surface area contributed by atoms with Gasteiger partial charge in [0.05, 0.1) is 17.5 Å². The number of hydrogen-bond acceptors (Lipinski definition) is 4. The number of rotatable bonds is 2. The van der Waals surface area contributed by atoms with Crippen molar-refractivity contribution >= 4 is 22.7 Å². The van der Waals surface area contributed by atoms with Crippen molar-refractivity contribution in [3.05, 3.63) is 71.9 Å². The number of likely N-dealkylation sites (N-methyl/N-ethyl adjacent to an activating group) is 1. The highest BCUT2D eigenvalue weighted by Crippen LogP contribution is 2.39. The van der Waals surface area contributed by atoms with Crippen molar-refractivity contribution in [2.24, 2.45) is 5.41 Å². The first-order valence-electron chi connectivity index (χ1n) is 13.2. The van der Waals surface area contributed by atoms with Gasteiger partial charge in [0.15, 0.2) is 0 Å². The third-order valence-electron chi connectivity index (χ3n) is 7.92. The number of amides is 2. The molecule has 2 amide bonds. The molecule has 2 aromatic carbocycles. The molecule has 188 valence electrons. The Kier molecular flexibility index (Phi) is 7.21. The number of para-hydroxylation sites is 1. The summed E-state index contributed by atoms with van der Waals surface area (Å²) in [6.07, 6.45) is 7.02. The number of piperidine rings is 1. The molecule has 6 heteroatoms. The Morgan fingerprint density at radius 1 is 1.00 bits per heavy atom. The average Bonchev–Trinajstić information content (AvgIpc) is 2.93. The standard InChI is InChI=1S/C30H35N3O3/c1-2-32-20-21-36-27-11-4-3-8-23(27)9-5-6-14-30(29(32)35)15-18-33(19-16-30)28(34)25-12-13-26-24(22-25)10-7-17-31-26/h3-4,7-8,10-13,17,22H,2,5-6,9,14-16,18-21H2,1H3. The van der Waals surface area contributed by atoms with E-state index in [-0.39, 0.29) is 11.8 Å². The summed E-state index contributed by atoms with van der Waals surface area (Å²) in [6, 6.07) is 17.8. The fourth-order valence-corrected chi connectivity index (χ4v) is 5.73. The maximum absolute atomic E-state index is 13.9. The summed E-state index contributed by atoms with van der Waals surface area (Å²) in [7, 11) is 0. The molecule has 0 atom stereocenters. The molecule has 0 radical (unpaired) electrons. The molecule has 2 aliphatic heterocycles. The minimum atomic E-state index is -0.404. The summed E-state index contributed by atoms with van der Waals surface area (Å²) < 4.78 is 6.09. The molecule has 0 N–H and O–H groups in total. The van der Waals surface area contributed by atoms with E-state index < -0.39 is 5.41 Å². The number of carbonyl (C=O) groups is 2. The van der Waals surface area contributed by atoms with Gasteiger partial charge < -0.3 is 14.5 Å². The molecule has 2 aliphatic rings. The van der Waals surface area contributed by atoms with Gasteiger partial charge in [0, 0.05) is 36.8 Å². The molecule has 1 saturated heterocycles. The average molecular weight is 486 g/mol. The highest BCUT2D eigenvalue weighted by atomic mass is 16.5. The Balaban J connectivity index is 1.31. The zero-order chi connectivity index (χ0) is 25.0. The highest BCUT2D eigenvalue weighted by Gasteiger charge is 2.43. The van der Waals surface area contributed by atoms with E-state index in [4.69, 9.17) is 4.74 Å². The summed E-state index contributed by atoms with van der Waals surface area (Å²) in [5, 5.41) is 0.966. The quantitative estimate of drug-likeness (QED) is 0.506. The maximum Gasteiger partial charge on any atom is 0.253 e. The number of aromatic nitrogens is 1. The van der Waals surface area contributed by atoms with E-state index in [1.807, 2.05) is 59.2 Å². The maximum atomic E-state index is 13.9. The van der Waals surface area contributed by atoms with Gasteiger partial charge in [-0.1, -0.05) is 30.7 Å². The van der Waals surface area contributed by atoms with E-state index in [9.17, 15) is 9.59 Å². The second-order valence-electron chi connectivity index (χ2n) is 10.0. The fraction of sp³-hybridized carbons (Fsp3) is 0.433. The number of hydrogen-bond donors (Lipinski definition) is 0. The summed E-state index contributed by atoms with van der Waals surface area (Å²) in [6.45, 7) is 4.99. The molecule has 3 heterocycles. The van der Waals surface area contributed by atoms with E-state index in [1.54, 1.807) is 6.20 Å². The number of fused-ring (bicyclic) bond motifs is 2. The lowest BCUT2D eigenvalue weighted by Gasteiger charge is -2.43. The van der Waals surface area contributed by atoms with Crippen LogP contribution in [0.1, 0.15) is 54.9 Å². The lowest BCUT2D eigenvalue weighted by molar-refractivity contribution is -0.145. The predicted octanol–water partition coefficient (Wildman–Crippen LogP) is 5.11. The molecule has 0 saturated carbocycles. The molecule has 1 spiro atoms. The van der Waals surface area contributed by atoms with Crippen LogP contribution >= 0.6 is 0 Å². The van der Waals surface area contributed by atoms with Crippen molar-refractivity contribution in [3.63, 3.8) is 0 Å². The minimum absolute atomic E-state index is 0.0357. The van der Waals surface area contributed by atoms with Crippen LogP contribution in [-0.2, 0) is 11.2 Å². The van der Waals surface area contributed by atoms with Gasteiger partial charge in [-0.15, -0.1) is 0 Å². The van der Waals surface area contributed by atoms with Gasteiger partial charge in [-0.2, -0.15) is 0 Å². The van der Waals surface area contributed by atoms with Crippen LogP contribution in [0, 0.1) is 5.41 Å². The molecular weight excluding hydrogens is 450 g/mol. The fourth-order valence-electron chi connectivity index (χ4n) is 5.73. The van der Waals surface area contributed by atoms with Gasteiger partial charge in [0.2, 0.25) is 5.91 Å².